The number of halogens is 2. The Morgan fingerprint density at radius 1 is 1.26 bits per heavy atom. The summed E-state index contributed by atoms with van der Waals surface area (Å²) in [6.45, 7) is 0.425. The van der Waals surface area contributed by atoms with Crippen molar-refractivity contribution in [1.82, 2.24) is 4.57 Å². The molecule has 4 heteroatoms. The summed E-state index contributed by atoms with van der Waals surface area (Å²) in [5.74, 6) is -1.04. The van der Waals surface area contributed by atoms with Crippen LogP contribution in [0.4, 0.5) is 8.78 Å². The van der Waals surface area contributed by atoms with Crippen molar-refractivity contribution in [2.45, 2.75) is 31.8 Å². The van der Waals surface area contributed by atoms with Crippen molar-refractivity contribution >= 4 is 0 Å². The van der Waals surface area contributed by atoms with Gasteiger partial charge in [0.25, 0.3) is 0 Å². The third kappa shape index (κ3) is 2.28. The second-order valence-electron chi connectivity index (χ2n) is 5.08. The molecule has 19 heavy (non-hydrogen) atoms. The van der Waals surface area contributed by atoms with Crippen LogP contribution in [0.15, 0.2) is 30.5 Å². The normalized spacial score (nSPS) is 18.4. The monoisotopic (exact) mass is 262 g/mol. The highest BCUT2D eigenvalue weighted by molar-refractivity contribution is 5.30. The second kappa shape index (κ2) is 4.78. The lowest BCUT2D eigenvalue weighted by molar-refractivity contribution is 0.538. The average Bonchev–Trinajstić information content (AvgIpc) is 2.78. The van der Waals surface area contributed by atoms with Gasteiger partial charge in [-0.15, -0.1) is 0 Å². The summed E-state index contributed by atoms with van der Waals surface area (Å²) in [6, 6.07) is 5.82. The zero-order chi connectivity index (χ0) is 13.4. The van der Waals surface area contributed by atoms with Crippen LogP contribution in [0.2, 0.25) is 0 Å². The summed E-state index contributed by atoms with van der Waals surface area (Å²) in [7, 11) is 0. The van der Waals surface area contributed by atoms with Crippen LogP contribution in [-0.2, 0) is 13.0 Å². The largest absolute Gasteiger partial charge is 0.347 e. The van der Waals surface area contributed by atoms with Crippen molar-refractivity contribution in [3.8, 4) is 0 Å². The van der Waals surface area contributed by atoms with E-state index in [0.717, 1.165) is 30.9 Å². The first-order valence-corrected chi connectivity index (χ1v) is 6.52. The molecule has 1 aliphatic rings. The molecular formula is C15H16F2N2. The van der Waals surface area contributed by atoms with Gasteiger partial charge in [-0.3, -0.25) is 0 Å². The topological polar surface area (TPSA) is 30.9 Å². The van der Waals surface area contributed by atoms with E-state index in [4.69, 9.17) is 5.73 Å². The molecule has 2 nitrogen and oxygen atoms in total. The van der Waals surface area contributed by atoms with Gasteiger partial charge in [0.1, 0.15) is 11.6 Å². The Hall–Kier alpha value is -1.68. The zero-order valence-electron chi connectivity index (χ0n) is 10.6. The van der Waals surface area contributed by atoms with E-state index < -0.39 is 11.6 Å². The first-order valence-electron chi connectivity index (χ1n) is 6.52. The van der Waals surface area contributed by atoms with E-state index >= 15 is 0 Å². The van der Waals surface area contributed by atoms with Gasteiger partial charge in [0.05, 0.1) is 6.54 Å². The highest BCUT2D eigenvalue weighted by atomic mass is 19.1. The predicted octanol–water partition coefficient (Wildman–Crippen LogP) is 3.15. The highest BCUT2D eigenvalue weighted by Crippen LogP contribution is 2.29. The van der Waals surface area contributed by atoms with Crippen LogP contribution in [0.5, 0.6) is 0 Å². The van der Waals surface area contributed by atoms with Crippen molar-refractivity contribution in [2.75, 3.05) is 0 Å². The number of fused-ring (bicyclic) bond motifs is 1. The molecule has 2 N–H and O–H groups in total. The summed E-state index contributed by atoms with van der Waals surface area (Å²) in [4.78, 5) is 0. The number of hydrogen-bond acceptors (Lipinski definition) is 1. The van der Waals surface area contributed by atoms with E-state index in [1.165, 1.54) is 17.8 Å². The van der Waals surface area contributed by atoms with Crippen molar-refractivity contribution in [1.29, 1.82) is 0 Å². The molecule has 100 valence electrons. The smallest absolute Gasteiger partial charge is 0.131 e. The van der Waals surface area contributed by atoms with Gasteiger partial charge in [0, 0.05) is 29.6 Å². The van der Waals surface area contributed by atoms with Crippen LogP contribution >= 0.6 is 0 Å². The minimum atomic E-state index is -0.544. The second-order valence-corrected chi connectivity index (χ2v) is 5.08. The fourth-order valence-electron chi connectivity index (χ4n) is 2.77. The van der Waals surface area contributed by atoms with Gasteiger partial charge in [-0.2, -0.15) is 0 Å². The quantitative estimate of drug-likeness (QED) is 0.885. The standard InChI is InChI=1S/C15H16F2N2/c16-11-5-4-10(13(17)8-11)9-19-7-6-12-14(18)2-1-3-15(12)19/h4-8,14H,1-3,9,18H2. The number of nitrogens with zero attached hydrogens (tertiary/aromatic N) is 1. The molecule has 0 radical (unpaired) electrons. The number of benzene rings is 1. The molecule has 1 heterocycles. The first-order chi connectivity index (χ1) is 9.15. The molecule has 0 spiro atoms. The molecule has 2 aromatic rings. The third-order valence-electron chi connectivity index (χ3n) is 3.80. The Kier molecular flexibility index (Phi) is 3.11. The molecule has 1 aromatic heterocycles. The van der Waals surface area contributed by atoms with Gasteiger partial charge in [0.2, 0.25) is 0 Å². The van der Waals surface area contributed by atoms with Crippen molar-refractivity contribution in [2.24, 2.45) is 5.73 Å². The maximum absolute atomic E-state index is 13.7. The van der Waals surface area contributed by atoms with E-state index in [2.05, 4.69) is 0 Å². The molecule has 0 aliphatic heterocycles. The molecule has 1 unspecified atom stereocenters. The van der Waals surface area contributed by atoms with E-state index in [1.54, 1.807) is 0 Å². The van der Waals surface area contributed by atoms with Crippen LogP contribution in [-0.4, -0.2) is 4.57 Å². The number of rotatable bonds is 2. The van der Waals surface area contributed by atoms with Gasteiger partial charge in [0.15, 0.2) is 0 Å². The number of hydrogen-bond donors (Lipinski definition) is 1. The van der Waals surface area contributed by atoms with Gasteiger partial charge >= 0.3 is 0 Å². The molecule has 1 aromatic carbocycles. The van der Waals surface area contributed by atoms with Crippen molar-refractivity contribution < 1.29 is 8.78 Å². The van der Waals surface area contributed by atoms with Crippen LogP contribution in [0, 0.1) is 11.6 Å². The molecule has 0 saturated heterocycles. The molecule has 0 bridgehead atoms. The maximum Gasteiger partial charge on any atom is 0.131 e. The average molecular weight is 262 g/mol. The summed E-state index contributed by atoms with van der Waals surface area (Å²) >= 11 is 0. The lowest BCUT2D eigenvalue weighted by Crippen LogP contribution is -2.18. The highest BCUT2D eigenvalue weighted by Gasteiger charge is 2.20. The van der Waals surface area contributed by atoms with Crippen LogP contribution < -0.4 is 5.73 Å². The van der Waals surface area contributed by atoms with Gasteiger partial charge < -0.3 is 10.3 Å². The number of aromatic nitrogens is 1. The minimum absolute atomic E-state index is 0.0862. The molecule has 3 rings (SSSR count). The van der Waals surface area contributed by atoms with E-state index in [9.17, 15) is 8.78 Å². The molecule has 1 aliphatic carbocycles. The Morgan fingerprint density at radius 2 is 2.11 bits per heavy atom. The lowest BCUT2D eigenvalue weighted by Gasteiger charge is -2.21. The predicted molar refractivity (Wildman–Crippen MR) is 69.8 cm³/mol. The first kappa shape index (κ1) is 12.4. The Labute approximate surface area is 110 Å². The van der Waals surface area contributed by atoms with Crippen LogP contribution in [0.1, 0.15) is 35.7 Å². The van der Waals surface area contributed by atoms with Crippen LogP contribution in [0.25, 0.3) is 0 Å². The van der Waals surface area contributed by atoms with Gasteiger partial charge in [-0.05, 0) is 37.0 Å². The summed E-state index contributed by atoms with van der Waals surface area (Å²) in [5.41, 5.74) is 8.91. The Balaban J connectivity index is 1.92. The Bertz CT molecular complexity index is 604. The van der Waals surface area contributed by atoms with E-state index in [-0.39, 0.29) is 6.04 Å². The minimum Gasteiger partial charge on any atom is -0.347 e. The van der Waals surface area contributed by atoms with Crippen molar-refractivity contribution in [3.05, 3.63) is 58.9 Å². The number of nitrogens with two attached hydrogens (primary N) is 1. The molecule has 0 amide bonds. The summed E-state index contributed by atoms with van der Waals surface area (Å²) < 4.78 is 28.6. The summed E-state index contributed by atoms with van der Waals surface area (Å²) in [5, 5.41) is 0. The van der Waals surface area contributed by atoms with Crippen LogP contribution in [0.3, 0.4) is 0 Å². The Morgan fingerprint density at radius 3 is 2.89 bits per heavy atom. The molecule has 0 fully saturated rings. The zero-order valence-corrected chi connectivity index (χ0v) is 10.6. The van der Waals surface area contributed by atoms with E-state index in [0.29, 0.717) is 12.1 Å². The van der Waals surface area contributed by atoms with Crippen molar-refractivity contribution in [3.63, 3.8) is 0 Å². The van der Waals surface area contributed by atoms with E-state index in [1.807, 2.05) is 16.8 Å². The maximum atomic E-state index is 13.7. The fourth-order valence-corrected chi connectivity index (χ4v) is 2.77. The lowest BCUT2D eigenvalue weighted by atomic mass is 9.93. The van der Waals surface area contributed by atoms with Gasteiger partial charge in [-0.25, -0.2) is 8.78 Å². The summed E-state index contributed by atoms with van der Waals surface area (Å²) in [6.07, 6.45) is 4.98. The molecule has 0 saturated carbocycles. The fraction of sp³-hybridized carbons (Fsp3) is 0.333. The third-order valence-corrected chi connectivity index (χ3v) is 3.80. The SMILES string of the molecule is NC1CCCc2c1ccn2Cc1ccc(F)cc1F. The molecular weight excluding hydrogens is 246 g/mol. The molecule has 1 atom stereocenters. The van der Waals surface area contributed by atoms with Gasteiger partial charge in [-0.1, -0.05) is 6.07 Å².